The molecule has 0 spiro atoms. The van der Waals surface area contributed by atoms with Gasteiger partial charge in [-0.1, -0.05) is 5.16 Å². The summed E-state index contributed by atoms with van der Waals surface area (Å²) in [7, 11) is 0. The Bertz CT molecular complexity index is 1010. The van der Waals surface area contributed by atoms with Crippen molar-refractivity contribution < 1.29 is 9.32 Å². The molecular formula is C19H21N5O2. The molecule has 0 bridgehead atoms. The van der Waals surface area contributed by atoms with E-state index in [4.69, 9.17) is 4.52 Å². The Morgan fingerprint density at radius 3 is 2.73 bits per heavy atom. The molecule has 26 heavy (non-hydrogen) atoms. The number of rotatable bonds is 5. The fourth-order valence-electron chi connectivity index (χ4n) is 3.39. The highest BCUT2D eigenvalue weighted by molar-refractivity contribution is 6.12. The van der Waals surface area contributed by atoms with Gasteiger partial charge in [0.2, 0.25) is 0 Å². The molecule has 1 N–H and O–H groups in total. The Hall–Kier alpha value is -2.70. The van der Waals surface area contributed by atoms with E-state index in [0.29, 0.717) is 23.1 Å². The molecule has 2 saturated carbocycles. The Labute approximate surface area is 150 Å². The van der Waals surface area contributed by atoms with Gasteiger partial charge in [0.15, 0.2) is 0 Å². The molecule has 7 heteroatoms. The molecule has 7 nitrogen and oxygen atoms in total. The van der Waals surface area contributed by atoms with Gasteiger partial charge in [0.25, 0.3) is 11.6 Å². The van der Waals surface area contributed by atoms with Gasteiger partial charge in [-0.3, -0.25) is 9.48 Å². The van der Waals surface area contributed by atoms with Crippen LogP contribution in [0.1, 0.15) is 71.9 Å². The average Bonchev–Trinajstić information content (AvgIpc) is 3.57. The molecule has 1 amide bonds. The highest BCUT2D eigenvalue weighted by Gasteiger charge is 2.34. The summed E-state index contributed by atoms with van der Waals surface area (Å²) in [6.07, 6.45) is 6.28. The minimum Gasteiger partial charge on any atom is -0.335 e. The summed E-state index contributed by atoms with van der Waals surface area (Å²) < 4.78 is 7.31. The Kier molecular flexibility index (Phi) is 3.38. The van der Waals surface area contributed by atoms with Crippen LogP contribution in [0.15, 0.2) is 16.8 Å². The van der Waals surface area contributed by atoms with Crippen LogP contribution in [-0.4, -0.2) is 25.8 Å². The summed E-state index contributed by atoms with van der Waals surface area (Å²) in [4.78, 5) is 17.7. The second kappa shape index (κ2) is 5.65. The monoisotopic (exact) mass is 351 g/mol. The van der Waals surface area contributed by atoms with Crippen LogP contribution in [0.25, 0.3) is 11.1 Å². The molecule has 0 atom stereocenters. The van der Waals surface area contributed by atoms with Crippen molar-refractivity contribution in [1.82, 2.24) is 19.9 Å². The third-order valence-electron chi connectivity index (χ3n) is 5.22. The molecule has 3 heterocycles. The number of carbonyl (C=O) groups excluding carboxylic acids is 1. The fraction of sp³-hybridized carbons (Fsp3) is 0.474. The number of aromatic nitrogens is 4. The van der Waals surface area contributed by atoms with Crippen LogP contribution >= 0.6 is 0 Å². The van der Waals surface area contributed by atoms with Crippen LogP contribution in [0.3, 0.4) is 0 Å². The number of anilines is 1. The molecule has 134 valence electrons. The summed E-state index contributed by atoms with van der Waals surface area (Å²) in [5, 5.41) is 12.4. The van der Waals surface area contributed by atoms with Crippen molar-refractivity contribution in [2.75, 3.05) is 5.32 Å². The van der Waals surface area contributed by atoms with Crippen molar-refractivity contribution in [1.29, 1.82) is 0 Å². The first-order valence-corrected chi connectivity index (χ1v) is 9.29. The molecule has 0 saturated heterocycles. The van der Waals surface area contributed by atoms with Gasteiger partial charge in [0, 0.05) is 30.3 Å². The van der Waals surface area contributed by atoms with Crippen LogP contribution in [0.4, 0.5) is 5.69 Å². The zero-order valence-corrected chi connectivity index (χ0v) is 15.0. The number of aryl methyl sites for hydroxylation is 2. The molecule has 0 unspecified atom stereocenters. The fourth-order valence-corrected chi connectivity index (χ4v) is 3.39. The Balaban J connectivity index is 1.58. The third kappa shape index (κ3) is 2.58. The van der Waals surface area contributed by atoms with Crippen molar-refractivity contribution in [3.8, 4) is 0 Å². The molecule has 3 aromatic rings. The lowest BCUT2D eigenvalue weighted by atomic mass is 10.0. The van der Waals surface area contributed by atoms with Gasteiger partial charge in [-0.05, 0) is 45.6 Å². The zero-order chi connectivity index (χ0) is 17.8. The Morgan fingerprint density at radius 2 is 2.08 bits per heavy atom. The molecule has 0 aliphatic heterocycles. The lowest BCUT2D eigenvalue weighted by Gasteiger charge is -2.07. The Morgan fingerprint density at radius 1 is 1.31 bits per heavy atom. The average molecular weight is 351 g/mol. The van der Waals surface area contributed by atoms with Crippen molar-refractivity contribution in [2.45, 2.75) is 57.9 Å². The molecule has 5 rings (SSSR count). The molecule has 2 aliphatic carbocycles. The minimum atomic E-state index is -0.150. The lowest BCUT2D eigenvalue weighted by Crippen LogP contribution is -2.14. The number of nitrogens with zero attached hydrogens (tertiary/aromatic N) is 4. The highest BCUT2D eigenvalue weighted by atomic mass is 16.5. The molecule has 0 aromatic carbocycles. The van der Waals surface area contributed by atoms with Crippen molar-refractivity contribution in [2.24, 2.45) is 0 Å². The summed E-state index contributed by atoms with van der Waals surface area (Å²) in [5.41, 5.74) is 4.45. The SMILES string of the molecule is CCn1cc(NC(=O)c2cc(C3CC3)nc3onc(C4CC4)c23)c(C)n1. The zero-order valence-electron chi connectivity index (χ0n) is 15.0. The number of pyridine rings is 1. The summed E-state index contributed by atoms with van der Waals surface area (Å²) >= 11 is 0. The predicted molar refractivity (Wildman–Crippen MR) is 96.3 cm³/mol. The van der Waals surface area contributed by atoms with Gasteiger partial charge < -0.3 is 9.84 Å². The van der Waals surface area contributed by atoms with Crippen LogP contribution in [0.2, 0.25) is 0 Å². The largest absolute Gasteiger partial charge is 0.335 e. The number of hydrogen-bond donors (Lipinski definition) is 1. The summed E-state index contributed by atoms with van der Waals surface area (Å²) in [5.74, 6) is 0.675. The first-order chi connectivity index (χ1) is 12.6. The lowest BCUT2D eigenvalue weighted by molar-refractivity contribution is 0.102. The molecule has 2 fully saturated rings. The standard InChI is InChI=1S/C19H21N5O2/c1-3-24-9-15(10(2)22-24)20-18(25)13-8-14(11-4-5-11)21-19-16(13)17(23-26-19)12-6-7-12/h8-9,11-12H,3-7H2,1-2H3,(H,20,25). The van der Waals surface area contributed by atoms with E-state index >= 15 is 0 Å². The van der Waals surface area contributed by atoms with Crippen molar-refractivity contribution in [3.05, 3.63) is 34.9 Å². The third-order valence-corrected chi connectivity index (χ3v) is 5.22. The van der Waals surface area contributed by atoms with E-state index in [0.717, 1.165) is 60.4 Å². The van der Waals surface area contributed by atoms with Gasteiger partial charge in [0.05, 0.1) is 28.0 Å². The highest BCUT2D eigenvalue weighted by Crippen LogP contribution is 2.45. The van der Waals surface area contributed by atoms with E-state index in [9.17, 15) is 4.79 Å². The number of nitrogens with one attached hydrogen (secondary N) is 1. The minimum absolute atomic E-state index is 0.150. The van der Waals surface area contributed by atoms with E-state index < -0.39 is 0 Å². The maximum atomic E-state index is 13.1. The van der Waals surface area contributed by atoms with Gasteiger partial charge in [0.1, 0.15) is 0 Å². The number of amides is 1. The predicted octanol–water partition coefficient (Wildman–Crippen LogP) is 3.75. The van der Waals surface area contributed by atoms with E-state index in [2.05, 4.69) is 20.6 Å². The van der Waals surface area contributed by atoms with Gasteiger partial charge in [-0.25, -0.2) is 4.98 Å². The smallest absolute Gasteiger partial charge is 0.259 e. The second-order valence-electron chi connectivity index (χ2n) is 7.33. The van der Waals surface area contributed by atoms with Crippen LogP contribution in [0.5, 0.6) is 0 Å². The maximum absolute atomic E-state index is 13.1. The van der Waals surface area contributed by atoms with E-state index in [1.165, 1.54) is 0 Å². The van der Waals surface area contributed by atoms with Crippen LogP contribution in [-0.2, 0) is 6.54 Å². The number of fused-ring (bicyclic) bond motifs is 1. The van der Waals surface area contributed by atoms with E-state index in [-0.39, 0.29) is 5.91 Å². The number of carbonyl (C=O) groups is 1. The number of hydrogen-bond acceptors (Lipinski definition) is 5. The van der Waals surface area contributed by atoms with Gasteiger partial charge >= 0.3 is 0 Å². The van der Waals surface area contributed by atoms with Gasteiger partial charge in [-0.15, -0.1) is 0 Å². The molecular weight excluding hydrogens is 330 g/mol. The van der Waals surface area contributed by atoms with Crippen LogP contribution in [0, 0.1) is 6.92 Å². The quantitative estimate of drug-likeness (QED) is 0.756. The van der Waals surface area contributed by atoms with Crippen LogP contribution < -0.4 is 5.32 Å². The first-order valence-electron chi connectivity index (χ1n) is 9.29. The summed E-state index contributed by atoms with van der Waals surface area (Å²) in [6.45, 7) is 4.68. The summed E-state index contributed by atoms with van der Waals surface area (Å²) in [6, 6.07) is 1.93. The van der Waals surface area contributed by atoms with E-state index in [1.807, 2.05) is 30.8 Å². The molecule has 0 radical (unpaired) electrons. The molecule has 2 aliphatic rings. The molecule has 3 aromatic heterocycles. The van der Waals surface area contributed by atoms with Crippen molar-refractivity contribution in [3.63, 3.8) is 0 Å². The topological polar surface area (TPSA) is 85.8 Å². The second-order valence-corrected chi connectivity index (χ2v) is 7.33. The van der Waals surface area contributed by atoms with E-state index in [1.54, 1.807) is 0 Å². The van der Waals surface area contributed by atoms with Gasteiger partial charge in [-0.2, -0.15) is 5.10 Å². The maximum Gasteiger partial charge on any atom is 0.259 e. The van der Waals surface area contributed by atoms with Crippen molar-refractivity contribution >= 4 is 22.7 Å². The first kappa shape index (κ1) is 15.5. The normalized spacial score (nSPS) is 17.0.